The standard InChI is InChI=1S/C16H17N5O/c1-10(2)14(21-16(22)13-9-17-7-8-18-13)15-19-11-5-3-4-6-12(11)20-15/h3-10,14H,1-2H3,(H,19,20)(H,21,22). The van der Waals surface area contributed by atoms with Crippen molar-refractivity contribution in [3.63, 3.8) is 0 Å². The number of H-pyrrole nitrogens is 1. The molecule has 1 atom stereocenters. The van der Waals surface area contributed by atoms with Gasteiger partial charge in [0.25, 0.3) is 5.91 Å². The van der Waals surface area contributed by atoms with Crippen molar-refractivity contribution in [1.29, 1.82) is 0 Å². The molecule has 1 unspecified atom stereocenters. The zero-order valence-corrected chi connectivity index (χ0v) is 12.4. The van der Waals surface area contributed by atoms with Crippen LogP contribution in [0.3, 0.4) is 0 Å². The minimum atomic E-state index is -0.257. The number of aromatic amines is 1. The number of nitrogens with zero attached hydrogens (tertiary/aromatic N) is 3. The van der Waals surface area contributed by atoms with E-state index in [2.05, 4.69) is 25.3 Å². The Hall–Kier alpha value is -2.76. The zero-order valence-electron chi connectivity index (χ0n) is 12.4. The van der Waals surface area contributed by atoms with Crippen LogP contribution < -0.4 is 5.32 Å². The van der Waals surface area contributed by atoms with E-state index >= 15 is 0 Å². The van der Waals surface area contributed by atoms with Gasteiger partial charge in [-0.15, -0.1) is 0 Å². The summed E-state index contributed by atoms with van der Waals surface area (Å²) in [5.41, 5.74) is 2.14. The summed E-state index contributed by atoms with van der Waals surface area (Å²) in [6, 6.07) is 7.58. The highest BCUT2D eigenvalue weighted by Gasteiger charge is 2.22. The summed E-state index contributed by atoms with van der Waals surface area (Å²) in [6.45, 7) is 4.07. The molecule has 0 fully saturated rings. The number of imidazole rings is 1. The molecule has 0 bridgehead atoms. The lowest BCUT2D eigenvalue weighted by atomic mass is 10.0. The summed E-state index contributed by atoms with van der Waals surface area (Å²) in [7, 11) is 0. The van der Waals surface area contributed by atoms with Crippen LogP contribution in [0.15, 0.2) is 42.9 Å². The van der Waals surface area contributed by atoms with Gasteiger partial charge in [0.05, 0.1) is 23.3 Å². The lowest BCUT2D eigenvalue weighted by molar-refractivity contribution is 0.0918. The van der Waals surface area contributed by atoms with Crippen molar-refractivity contribution in [1.82, 2.24) is 25.3 Å². The Bertz CT molecular complexity index is 748. The van der Waals surface area contributed by atoms with Crippen molar-refractivity contribution >= 4 is 16.9 Å². The Morgan fingerprint density at radius 1 is 1.23 bits per heavy atom. The second-order valence-electron chi connectivity index (χ2n) is 5.42. The number of amides is 1. The SMILES string of the molecule is CC(C)C(NC(=O)c1cnccn1)c1nc2ccccc2[nH]1. The van der Waals surface area contributed by atoms with Crippen molar-refractivity contribution in [2.75, 3.05) is 0 Å². The molecule has 0 aliphatic carbocycles. The van der Waals surface area contributed by atoms with Crippen molar-refractivity contribution in [2.24, 2.45) is 5.92 Å². The summed E-state index contributed by atoms with van der Waals surface area (Å²) < 4.78 is 0. The third-order valence-corrected chi connectivity index (χ3v) is 3.45. The maximum Gasteiger partial charge on any atom is 0.272 e. The normalized spacial score (nSPS) is 12.5. The molecule has 0 aliphatic rings. The van der Waals surface area contributed by atoms with Crippen molar-refractivity contribution in [2.45, 2.75) is 19.9 Å². The largest absolute Gasteiger partial charge is 0.340 e. The Morgan fingerprint density at radius 3 is 2.73 bits per heavy atom. The van der Waals surface area contributed by atoms with Crippen molar-refractivity contribution in [3.05, 3.63) is 54.4 Å². The molecule has 1 aromatic carbocycles. The van der Waals surface area contributed by atoms with E-state index in [1.54, 1.807) is 0 Å². The second-order valence-corrected chi connectivity index (χ2v) is 5.42. The molecule has 3 aromatic rings. The molecule has 6 heteroatoms. The third kappa shape index (κ3) is 2.81. The van der Waals surface area contributed by atoms with E-state index in [1.165, 1.54) is 18.6 Å². The average Bonchev–Trinajstić information content (AvgIpc) is 2.96. The van der Waals surface area contributed by atoms with Gasteiger partial charge < -0.3 is 10.3 Å². The second kappa shape index (κ2) is 5.93. The van der Waals surface area contributed by atoms with Gasteiger partial charge in [0.15, 0.2) is 0 Å². The van der Waals surface area contributed by atoms with E-state index in [4.69, 9.17) is 0 Å². The fourth-order valence-corrected chi connectivity index (χ4v) is 2.30. The van der Waals surface area contributed by atoms with Crippen LogP contribution in [0, 0.1) is 5.92 Å². The summed E-state index contributed by atoms with van der Waals surface area (Å²) in [6.07, 6.45) is 4.49. The molecule has 112 valence electrons. The van der Waals surface area contributed by atoms with Gasteiger partial charge >= 0.3 is 0 Å². The molecule has 0 aliphatic heterocycles. The van der Waals surface area contributed by atoms with Gasteiger partial charge in [0.1, 0.15) is 11.5 Å². The summed E-state index contributed by atoms with van der Waals surface area (Å²) in [5.74, 6) is 0.668. The molecule has 2 aromatic heterocycles. The summed E-state index contributed by atoms with van der Waals surface area (Å²) in [5, 5.41) is 2.97. The minimum Gasteiger partial charge on any atom is -0.340 e. The molecule has 0 spiro atoms. The maximum atomic E-state index is 12.3. The van der Waals surface area contributed by atoms with E-state index in [0.29, 0.717) is 5.69 Å². The smallest absolute Gasteiger partial charge is 0.272 e. The van der Waals surface area contributed by atoms with Crippen LogP contribution in [0.25, 0.3) is 11.0 Å². The topological polar surface area (TPSA) is 83.6 Å². The highest BCUT2D eigenvalue weighted by atomic mass is 16.2. The highest BCUT2D eigenvalue weighted by Crippen LogP contribution is 2.22. The molecule has 22 heavy (non-hydrogen) atoms. The number of carbonyl (C=O) groups excluding carboxylic acids is 1. The van der Waals surface area contributed by atoms with Gasteiger partial charge in [-0.3, -0.25) is 9.78 Å². The molecule has 0 saturated carbocycles. The van der Waals surface area contributed by atoms with Gasteiger partial charge in [0.2, 0.25) is 0 Å². The third-order valence-electron chi connectivity index (χ3n) is 3.45. The predicted octanol–water partition coefficient (Wildman–Crippen LogP) is 2.48. The quantitative estimate of drug-likeness (QED) is 0.774. The predicted molar refractivity (Wildman–Crippen MR) is 83.2 cm³/mol. The van der Waals surface area contributed by atoms with Gasteiger partial charge in [0, 0.05) is 12.4 Å². The zero-order chi connectivity index (χ0) is 15.5. The van der Waals surface area contributed by atoms with Crippen molar-refractivity contribution < 1.29 is 4.79 Å². The lowest BCUT2D eigenvalue weighted by Crippen LogP contribution is -2.33. The van der Waals surface area contributed by atoms with E-state index in [9.17, 15) is 4.79 Å². The van der Waals surface area contributed by atoms with Crippen LogP contribution in [0.1, 0.15) is 36.2 Å². The summed E-state index contributed by atoms with van der Waals surface area (Å²) >= 11 is 0. The molecule has 2 N–H and O–H groups in total. The monoisotopic (exact) mass is 295 g/mol. The number of hydrogen-bond donors (Lipinski definition) is 2. The van der Waals surface area contributed by atoms with Crippen molar-refractivity contribution in [3.8, 4) is 0 Å². The molecule has 1 amide bonds. The van der Waals surface area contributed by atoms with E-state index < -0.39 is 0 Å². The van der Waals surface area contributed by atoms with Gasteiger partial charge in [-0.05, 0) is 18.1 Å². The number of nitrogens with one attached hydrogen (secondary N) is 2. The number of benzene rings is 1. The Labute approximate surface area is 128 Å². The molecule has 3 rings (SSSR count). The summed E-state index contributed by atoms with van der Waals surface area (Å²) in [4.78, 5) is 28.1. The Balaban J connectivity index is 1.88. The maximum absolute atomic E-state index is 12.3. The van der Waals surface area contributed by atoms with Crippen LogP contribution >= 0.6 is 0 Å². The van der Waals surface area contributed by atoms with Crippen LogP contribution in [0.5, 0.6) is 0 Å². The van der Waals surface area contributed by atoms with Crippen LogP contribution in [-0.4, -0.2) is 25.8 Å². The van der Waals surface area contributed by atoms with Gasteiger partial charge in [-0.25, -0.2) is 9.97 Å². The number of para-hydroxylation sites is 2. The van der Waals surface area contributed by atoms with Crippen LogP contribution in [0.2, 0.25) is 0 Å². The van der Waals surface area contributed by atoms with Gasteiger partial charge in [-0.1, -0.05) is 26.0 Å². The molecular formula is C16H17N5O. The highest BCUT2D eigenvalue weighted by molar-refractivity contribution is 5.92. The lowest BCUT2D eigenvalue weighted by Gasteiger charge is -2.20. The van der Waals surface area contributed by atoms with Crippen LogP contribution in [-0.2, 0) is 0 Å². The van der Waals surface area contributed by atoms with Gasteiger partial charge in [-0.2, -0.15) is 0 Å². The van der Waals surface area contributed by atoms with E-state index in [1.807, 2.05) is 38.1 Å². The first-order chi connectivity index (χ1) is 10.6. The number of rotatable bonds is 4. The number of hydrogen-bond acceptors (Lipinski definition) is 4. The first kappa shape index (κ1) is 14.2. The molecular weight excluding hydrogens is 278 g/mol. The number of fused-ring (bicyclic) bond motifs is 1. The molecule has 6 nitrogen and oxygen atoms in total. The van der Waals surface area contributed by atoms with E-state index in [0.717, 1.165) is 16.9 Å². The van der Waals surface area contributed by atoms with E-state index in [-0.39, 0.29) is 17.9 Å². The number of aromatic nitrogens is 4. The molecule has 2 heterocycles. The van der Waals surface area contributed by atoms with Crippen LogP contribution in [0.4, 0.5) is 0 Å². The Morgan fingerprint density at radius 2 is 2.05 bits per heavy atom. The molecule has 0 saturated heterocycles. The minimum absolute atomic E-state index is 0.182. The number of carbonyl (C=O) groups is 1. The fourth-order valence-electron chi connectivity index (χ4n) is 2.30. The first-order valence-corrected chi connectivity index (χ1v) is 7.16. The fraction of sp³-hybridized carbons (Fsp3) is 0.250. The first-order valence-electron chi connectivity index (χ1n) is 7.16. The Kier molecular flexibility index (Phi) is 3.82. The average molecular weight is 295 g/mol. The molecule has 0 radical (unpaired) electrons.